The van der Waals surface area contributed by atoms with Gasteiger partial charge in [-0.05, 0) is 19.9 Å². The Kier molecular flexibility index (Phi) is 2.45. The zero-order valence-corrected chi connectivity index (χ0v) is 4.55. The van der Waals surface area contributed by atoms with E-state index >= 15 is 0 Å². The van der Waals surface area contributed by atoms with Crippen LogP contribution in [0.4, 0.5) is 0 Å². The molecule has 0 amide bonds. The minimum atomic E-state index is -0.537. The smallest absolute Gasteiger partial charge is 0.0877 e. The van der Waals surface area contributed by atoms with Crippen molar-refractivity contribution in [1.29, 1.82) is 0 Å². The molecule has 0 spiro atoms. The van der Waals surface area contributed by atoms with E-state index in [-0.39, 0.29) is 5.76 Å². The topological polar surface area (TPSA) is 40.5 Å². The quantitative estimate of drug-likeness (QED) is 0.481. The van der Waals surface area contributed by atoms with Crippen LogP contribution < -0.4 is 0 Å². The Hall–Kier alpha value is -0.500. The first-order valence-electron chi connectivity index (χ1n) is 2.18. The van der Waals surface area contributed by atoms with Crippen LogP contribution in [0.25, 0.3) is 0 Å². The van der Waals surface area contributed by atoms with Gasteiger partial charge in [-0.1, -0.05) is 0 Å². The van der Waals surface area contributed by atoms with Crippen LogP contribution in [-0.4, -0.2) is 16.3 Å². The van der Waals surface area contributed by atoms with Crippen LogP contribution in [0.3, 0.4) is 0 Å². The van der Waals surface area contributed by atoms with Crippen molar-refractivity contribution in [2.24, 2.45) is 0 Å². The summed E-state index contributed by atoms with van der Waals surface area (Å²) in [7, 11) is 0. The van der Waals surface area contributed by atoms with Gasteiger partial charge in [0.25, 0.3) is 0 Å². The number of aliphatic hydroxyl groups excluding tert-OH is 2. The highest BCUT2D eigenvalue weighted by Crippen LogP contribution is 1.87. The van der Waals surface area contributed by atoms with E-state index in [2.05, 4.69) is 0 Å². The van der Waals surface area contributed by atoms with E-state index in [0.717, 1.165) is 0 Å². The maximum atomic E-state index is 8.49. The minimum absolute atomic E-state index is 0.162. The molecule has 0 aromatic rings. The largest absolute Gasteiger partial charge is 0.513 e. The first-order valence-corrected chi connectivity index (χ1v) is 2.18. The van der Waals surface area contributed by atoms with Crippen LogP contribution in [0, 0.1) is 0 Å². The molecule has 0 heterocycles. The van der Waals surface area contributed by atoms with Crippen LogP contribution in [0.2, 0.25) is 0 Å². The van der Waals surface area contributed by atoms with Gasteiger partial charge in [0.15, 0.2) is 0 Å². The molecule has 0 aliphatic heterocycles. The number of allylic oxidation sites excluding steroid dienone is 1. The van der Waals surface area contributed by atoms with Crippen molar-refractivity contribution < 1.29 is 10.2 Å². The van der Waals surface area contributed by atoms with E-state index in [4.69, 9.17) is 10.2 Å². The standard InChI is InChI=1S/C5H10O2/c1-4(6)3-5(2)7/h3-4,6-7H,1-2H3/b5-3-. The van der Waals surface area contributed by atoms with Crippen LogP contribution in [0.15, 0.2) is 11.8 Å². The Balaban J connectivity index is 3.45. The van der Waals surface area contributed by atoms with E-state index in [0.29, 0.717) is 0 Å². The molecule has 0 rings (SSSR count). The van der Waals surface area contributed by atoms with Crippen molar-refractivity contribution in [3.8, 4) is 0 Å². The molecule has 2 N–H and O–H groups in total. The van der Waals surface area contributed by atoms with Crippen molar-refractivity contribution in [2.45, 2.75) is 20.0 Å². The van der Waals surface area contributed by atoms with Crippen molar-refractivity contribution >= 4 is 0 Å². The van der Waals surface area contributed by atoms with Gasteiger partial charge in [0.2, 0.25) is 0 Å². The molecule has 0 aromatic carbocycles. The molecular formula is C5H10O2. The fourth-order valence-electron chi connectivity index (χ4n) is 0.349. The van der Waals surface area contributed by atoms with Crippen LogP contribution in [-0.2, 0) is 0 Å². The number of hydrogen-bond acceptors (Lipinski definition) is 2. The molecule has 2 heteroatoms. The summed E-state index contributed by atoms with van der Waals surface area (Å²) in [5.74, 6) is 0.162. The lowest BCUT2D eigenvalue weighted by Gasteiger charge is -1.91. The molecule has 1 atom stereocenters. The van der Waals surface area contributed by atoms with E-state index in [1.807, 2.05) is 0 Å². The Morgan fingerprint density at radius 1 is 1.71 bits per heavy atom. The predicted octanol–water partition coefficient (Wildman–Crippen LogP) is 0.829. The fourth-order valence-corrected chi connectivity index (χ4v) is 0.349. The highest BCUT2D eigenvalue weighted by molar-refractivity contribution is 4.89. The lowest BCUT2D eigenvalue weighted by molar-refractivity contribution is 0.237. The van der Waals surface area contributed by atoms with Crippen molar-refractivity contribution in [1.82, 2.24) is 0 Å². The van der Waals surface area contributed by atoms with Gasteiger partial charge < -0.3 is 10.2 Å². The van der Waals surface area contributed by atoms with Gasteiger partial charge in [0, 0.05) is 0 Å². The van der Waals surface area contributed by atoms with E-state index in [1.165, 1.54) is 13.0 Å². The van der Waals surface area contributed by atoms with E-state index in [9.17, 15) is 0 Å². The maximum Gasteiger partial charge on any atom is 0.0877 e. The maximum absolute atomic E-state index is 8.49. The van der Waals surface area contributed by atoms with Gasteiger partial charge in [0.05, 0.1) is 11.9 Å². The molecule has 0 radical (unpaired) electrons. The summed E-state index contributed by atoms with van der Waals surface area (Å²) < 4.78 is 0. The second kappa shape index (κ2) is 2.64. The first kappa shape index (κ1) is 6.50. The molecule has 0 bridgehead atoms. The minimum Gasteiger partial charge on any atom is -0.513 e. The first-order chi connectivity index (χ1) is 3.13. The van der Waals surface area contributed by atoms with Crippen LogP contribution in [0.5, 0.6) is 0 Å². The van der Waals surface area contributed by atoms with Gasteiger partial charge in [-0.25, -0.2) is 0 Å². The molecule has 0 fully saturated rings. The molecule has 7 heavy (non-hydrogen) atoms. The summed E-state index contributed by atoms with van der Waals surface area (Å²) in [6, 6.07) is 0. The Morgan fingerprint density at radius 3 is 2.14 bits per heavy atom. The third-order valence-electron chi connectivity index (χ3n) is 0.482. The lowest BCUT2D eigenvalue weighted by atomic mass is 10.3. The summed E-state index contributed by atoms with van der Waals surface area (Å²) in [5.41, 5.74) is 0. The molecule has 0 saturated heterocycles. The molecule has 0 aliphatic carbocycles. The lowest BCUT2D eigenvalue weighted by Crippen LogP contribution is -1.93. The third-order valence-corrected chi connectivity index (χ3v) is 0.482. The SMILES string of the molecule is C/C(O)=C/C(C)O. The Labute approximate surface area is 43.1 Å². The van der Waals surface area contributed by atoms with Gasteiger partial charge in [-0.15, -0.1) is 0 Å². The van der Waals surface area contributed by atoms with Gasteiger partial charge in [-0.3, -0.25) is 0 Å². The molecule has 0 saturated carbocycles. The summed E-state index contributed by atoms with van der Waals surface area (Å²) in [5, 5.41) is 16.9. The van der Waals surface area contributed by atoms with Crippen molar-refractivity contribution in [3.63, 3.8) is 0 Å². The highest BCUT2D eigenvalue weighted by atomic mass is 16.3. The Morgan fingerprint density at radius 2 is 2.14 bits per heavy atom. The zero-order valence-electron chi connectivity index (χ0n) is 4.55. The summed E-state index contributed by atoms with van der Waals surface area (Å²) >= 11 is 0. The van der Waals surface area contributed by atoms with E-state index < -0.39 is 6.10 Å². The summed E-state index contributed by atoms with van der Waals surface area (Å²) in [4.78, 5) is 0. The number of rotatable bonds is 1. The average molecular weight is 102 g/mol. The fraction of sp³-hybridized carbons (Fsp3) is 0.600. The van der Waals surface area contributed by atoms with Gasteiger partial charge in [-0.2, -0.15) is 0 Å². The molecular weight excluding hydrogens is 92.1 g/mol. The van der Waals surface area contributed by atoms with Crippen LogP contribution in [0.1, 0.15) is 13.8 Å². The van der Waals surface area contributed by atoms with Crippen molar-refractivity contribution in [2.75, 3.05) is 0 Å². The monoisotopic (exact) mass is 102 g/mol. The predicted molar refractivity (Wildman–Crippen MR) is 28.1 cm³/mol. The number of hydrogen-bond donors (Lipinski definition) is 2. The second-order valence-electron chi connectivity index (χ2n) is 1.55. The molecule has 0 aromatic heterocycles. The Bertz CT molecular complexity index is 70.1. The summed E-state index contributed by atoms with van der Waals surface area (Å²) in [6.07, 6.45) is 0.824. The number of aliphatic hydroxyl groups is 2. The van der Waals surface area contributed by atoms with Gasteiger partial charge >= 0.3 is 0 Å². The third kappa shape index (κ3) is 5.50. The van der Waals surface area contributed by atoms with Gasteiger partial charge in [0.1, 0.15) is 0 Å². The normalized spacial score (nSPS) is 16.7. The van der Waals surface area contributed by atoms with E-state index in [1.54, 1.807) is 6.92 Å². The molecule has 1 unspecified atom stereocenters. The molecule has 0 aliphatic rings. The highest BCUT2D eigenvalue weighted by Gasteiger charge is 1.85. The summed E-state index contributed by atoms with van der Waals surface area (Å²) in [6.45, 7) is 3.10. The van der Waals surface area contributed by atoms with Crippen LogP contribution >= 0.6 is 0 Å². The molecule has 42 valence electrons. The molecule has 2 nitrogen and oxygen atoms in total. The zero-order chi connectivity index (χ0) is 5.86. The second-order valence-corrected chi connectivity index (χ2v) is 1.55. The average Bonchev–Trinajstić information content (AvgIpc) is 1.27. The van der Waals surface area contributed by atoms with Crippen molar-refractivity contribution in [3.05, 3.63) is 11.8 Å².